The number of methoxy groups -OCH3 is 1. The quantitative estimate of drug-likeness (QED) is 0.894. The fraction of sp³-hybridized carbons (Fsp3) is 0.412. The Morgan fingerprint density at radius 3 is 2.88 bits per heavy atom. The van der Waals surface area contributed by atoms with Gasteiger partial charge < -0.3 is 10.1 Å². The number of ether oxygens (including phenoxy) is 1. The lowest BCUT2D eigenvalue weighted by molar-refractivity contribution is -0.119. The molecule has 0 unspecified atom stereocenters. The summed E-state index contributed by atoms with van der Waals surface area (Å²) >= 11 is 0. The van der Waals surface area contributed by atoms with Gasteiger partial charge in [-0.25, -0.2) is 8.78 Å². The van der Waals surface area contributed by atoms with Crippen LogP contribution < -0.4 is 10.1 Å². The number of carbonyl (C=O) groups excluding carboxylic acids is 1. The molecule has 0 spiro atoms. The number of aromatic nitrogens is 2. The van der Waals surface area contributed by atoms with Crippen molar-refractivity contribution < 1.29 is 18.3 Å². The van der Waals surface area contributed by atoms with Crippen LogP contribution in [0.3, 0.4) is 0 Å². The number of hydrogen-bond donors (Lipinski definition) is 1. The molecule has 0 saturated carbocycles. The highest BCUT2D eigenvalue weighted by molar-refractivity contribution is 5.72. The fourth-order valence-corrected chi connectivity index (χ4v) is 2.95. The van der Waals surface area contributed by atoms with Crippen molar-refractivity contribution in [3.63, 3.8) is 0 Å². The lowest BCUT2D eigenvalue weighted by atomic mass is 10.1. The number of hydrogen-bond acceptors (Lipinski definition) is 4. The second-order valence-electron chi connectivity index (χ2n) is 6.01. The van der Waals surface area contributed by atoms with Crippen molar-refractivity contribution in [3.05, 3.63) is 46.8 Å². The van der Waals surface area contributed by atoms with Crippen molar-refractivity contribution in [2.45, 2.75) is 33.1 Å². The van der Waals surface area contributed by atoms with Gasteiger partial charge in [0.2, 0.25) is 5.91 Å². The molecule has 1 aliphatic rings. The van der Waals surface area contributed by atoms with E-state index in [1.807, 2.05) is 15.6 Å². The number of fused-ring (bicyclic) bond motifs is 1. The maximum atomic E-state index is 14.1. The average molecular weight is 350 g/mol. The summed E-state index contributed by atoms with van der Waals surface area (Å²) in [7, 11) is 1.44. The molecule has 6 nitrogen and oxygen atoms in total. The lowest BCUT2D eigenvalue weighted by Gasteiger charge is -2.28. The highest BCUT2D eigenvalue weighted by Crippen LogP contribution is 2.26. The number of nitrogens with one attached hydrogen (secondary N) is 1. The number of amides is 1. The van der Waals surface area contributed by atoms with E-state index in [0.717, 1.165) is 17.5 Å². The minimum absolute atomic E-state index is 0.110. The summed E-state index contributed by atoms with van der Waals surface area (Å²) in [4.78, 5) is 13.0. The van der Waals surface area contributed by atoms with E-state index in [1.54, 1.807) is 0 Å². The van der Waals surface area contributed by atoms with Gasteiger partial charge in [0.1, 0.15) is 5.75 Å². The normalized spacial score (nSPS) is 14.2. The van der Waals surface area contributed by atoms with Crippen LogP contribution in [0.1, 0.15) is 23.9 Å². The third-order valence-electron chi connectivity index (χ3n) is 4.20. The molecule has 2 aromatic rings. The zero-order chi connectivity index (χ0) is 18.0. The van der Waals surface area contributed by atoms with Crippen LogP contribution in [0.15, 0.2) is 18.2 Å². The summed E-state index contributed by atoms with van der Waals surface area (Å²) in [6, 6.07) is 4.42. The minimum atomic E-state index is -0.879. The summed E-state index contributed by atoms with van der Waals surface area (Å²) in [5.41, 5.74) is 1.97. The van der Waals surface area contributed by atoms with Crippen LogP contribution in [-0.2, 0) is 31.0 Å². The Morgan fingerprint density at radius 2 is 2.16 bits per heavy atom. The monoisotopic (exact) mass is 350 g/mol. The zero-order valence-electron chi connectivity index (χ0n) is 14.2. The Labute approximate surface area is 144 Å². The Kier molecular flexibility index (Phi) is 4.98. The van der Waals surface area contributed by atoms with Crippen LogP contribution in [0.2, 0.25) is 0 Å². The number of rotatable bonds is 5. The smallest absolute Gasteiger partial charge is 0.217 e. The van der Waals surface area contributed by atoms with Crippen LogP contribution in [0.5, 0.6) is 5.75 Å². The summed E-state index contributed by atoms with van der Waals surface area (Å²) in [6.45, 7) is 3.95. The van der Waals surface area contributed by atoms with E-state index in [9.17, 15) is 13.6 Å². The molecule has 1 amide bonds. The van der Waals surface area contributed by atoms with Crippen molar-refractivity contribution in [3.8, 4) is 5.75 Å². The van der Waals surface area contributed by atoms with Crippen molar-refractivity contribution in [2.75, 3.05) is 13.7 Å². The molecular formula is C17H20F2N4O2. The van der Waals surface area contributed by atoms with E-state index in [2.05, 4.69) is 10.4 Å². The Balaban J connectivity index is 1.73. The highest BCUT2D eigenvalue weighted by atomic mass is 19.2. The maximum absolute atomic E-state index is 14.1. The molecule has 0 radical (unpaired) electrons. The number of benzene rings is 1. The molecule has 25 heavy (non-hydrogen) atoms. The first-order valence-corrected chi connectivity index (χ1v) is 8.01. The van der Waals surface area contributed by atoms with Gasteiger partial charge in [0.05, 0.1) is 31.6 Å². The number of halogens is 2. The average Bonchev–Trinajstić information content (AvgIpc) is 2.99. The van der Waals surface area contributed by atoms with E-state index < -0.39 is 11.6 Å². The second kappa shape index (κ2) is 7.18. The molecule has 0 atom stereocenters. The molecule has 1 aliphatic heterocycles. The van der Waals surface area contributed by atoms with Crippen molar-refractivity contribution in [2.24, 2.45) is 0 Å². The highest BCUT2D eigenvalue weighted by Gasteiger charge is 2.22. The van der Waals surface area contributed by atoms with E-state index in [1.165, 1.54) is 20.1 Å². The number of carbonyl (C=O) groups is 1. The standard InChI is InChI=1S/C17H20F2N4O2/c1-11(24)20-8-12-7-13-9-22(5-6-23(13)21-12)10-14-16(25-2)4-3-15(18)17(14)19/h3-4,7H,5-6,8-10H2,1-2H3,(H,20,24). The molecule has 3 rings (SSSR count). The van der Waals surface area contributed by atoms with Crippen molar-refractivity contribution in [1.29, 1.82) is 0 Å². The Bertz CT molecular complexity index is 791. The minimum Gasteiger partial charge on any atom is -0.496 e. The maximum Gasteiger partial charge on any atom is 0.217 e. The molecule has 8 heteroatoms. The van der Waals surface area contributed by atoms with Crippen molar-refractivity contribution in [1.82, 2.24) is 20.0 Å². The van der Waals surface area contributed by atoms with Gasteiger partial charge in [0, 0.05) is 32.1 Å². The van der Waals surface area contributed by atoms with Crippen LogP contribution >= 0.6 is 0 Å². The molecule has 1 N–H and O–H groups in total. The summed E-state index contributed by atoms with van der Waals surface area (Å²) in [5.74, 6) is -1.52. The largest absolute Gasteiger partial charge is 0.496 e. The van der Waals surface area contributed by atoms with Crippen LogP contribution in [-0.4, -0.2) is 34.2 Å². The molecule has 0 saturated heterocycles. The van der Waals surface area contributed by atoms with Crippen LogP contribution in [0.4, 0.5) is 8.78 Å². The first-order chi connectivity index (χ1) is 12.0. The summed E-state index contributed by atoms with van der Waals surface area (Å²) in [5, 5.41) is 7.16. The topological polar surface area (TPSA) is 59.4 Å². The van der Waals surface area contributed by atoms with Crippen LogP contribution in [0.25, 0.3) is 0 Å². The van der Waals surface area contributed by atoms with E-state index >= 15 is 0 Å². The second-order valence-corrected chi connectivity index (χ2v) is 6.01. The lowest BCUT2D eigenvalue weighted by Crippen LogP contribution is -2.33. The first kappa shape index (κ1) is 17.3. The van der Waals surface area contributed by atoms with Gasteiger partial charge in [0.25, 0.3) is 0 Å². The fourth-order valence-electron chi connectivity index (χ4n) is 2.95. The molecule has 0 aliphatic carbocycles. The van der Waals surface area contributed by atoms with E-state index in [-0.39, 0.29) is 18.0 Å². The molecular weight excluding hydrogens is 330 g/mol. The Morgan fingerprint density at radius 1 is 1.36 bits per heavy atom. The predicted molar refractivity (Wildman–Crippen MR) is 86.8 cm³/mol. The molecule has 1 aromatic heterocycles. The van der Waals surface area contributed by atoms with Crippen molar-refractivity contribution >= 4 is 5.91 Å². The first-order valence-electron chi connectivity index (χ1n) is 8.01. The van der Waals surface area contributed by atoms with Gasteiger partial charge in [0.15, 0.2) is 11.6 Å². The van der Waals surface area contributed by atoms with E-state index in [0.29, 0.717) is 31.9 Å². The van der Waals surface area contributed by atoms with E-state index in [4.69, 9.17) is 4.74 Å². The molecule has 0 fully saturated rings. The molecule has 134 valence electrons. The van der Waals surface area contributed by atoms with Gasteiger partial charge in [-0.15, -0.1) is 0 Å². The van der Waals surface area contributed by atoms with Gasteiger partial charge in [-0.3, -0.25) is 14.4 Å². The number of nitrogens with zero attached hydrogens (tertiary/aromatic N) is 3. The predicted octanol–water partition coefficient (Wildman–Crippen LogP) is 1.82. The van der Waals surface area contributed by atoms with Gasteiger partial charge in [-0.1, -0.05) is 0 Å². The summed E-state index contributed by atoms with van der Waals surface area (Å²) < 4.78 is 34.7. The molecule has 2 heterocycles. The van der Waals surface area contributed by atoms with Gasteiger partial charge in [-0.2, -0.15) is 5.10 Å². The van der Waals surface area contributed by atoms with Crippen LogP contribution in [0, 0.1) is 11.6 Å². The third-order valence-corrected chi connectivity index (χ3v) is 4.20. The molecule has 0 bridgehead atoms. The molecule has 1 aromatic carbocycles. The zero-order valence-corrected chi connectivity index (χ0v) is 14.2. The summed E-state index contributed by atoms with van der Waals surface area (Å²) in [6.07, 6.45) is 0. The Hall–Kier alpha value is -2.48. The third kappa shape index (κ3) is 3.79. The van der Waals surface area contributed by atoms with Gasteiger partial charge in [-0.05, 0) is 18.2 Å². The van der Waals surface area contributed by atoms with Gasteiger partial charge >= 0.3 is 0 Å². The SMILES string of the molecule is COc1ccc(F)c(F)c1CN1CCn2nc(CNC(C)=O)cc2C1.